The van der Waals surface area contributed by atoms with Gasteiger partial charge in [0.05, 0.1) is 11.9 Å². The molecule has 0 aliphatic carbocycles. The van der Waals surface area contributed by atoms with Crippen molar-refractivity contribution >= 4 is 33.0 Å². The predicted molar refractivity (Wildman–Crippen MR) is 111 cm³/mol. The molecule has 8 heteroatoms. The van der Waals surface area contributed by atoms with Crippen LogP contribution in [-0.2, 0) is 21.5 Å². The van der Waals surface area contributed by atoms with E-state index in [4.69, 9.17) is 4.74 Å². The molecule has 3 heterocycles. The van der Waals surface area contributed by atoms with Gasteiger partial charge in [0.2, 0.25) is 10.1 Å². The first-order valence-electron chi connectivity index (χ1n) is 9.50. The lowest BCUT2D eigenvalue weighted by molar-refractivity contribution is -0.124. The molecule has 1 unspecified atom stereocenters. The SMILES string of the molecule is CC(C)(C)c1cn2nc(NCc3cccc(NC(=O)C4CCCO4)c3)sc2n1. The van der Waals surface area contributed by atoms with Crippen LogP contribution in [0, 0.1) is 0 Å². The van der Waals surface area contributed by atoms with Crippen molar-refractivity contribution in [2.24, 2.45) is 0 Å². The van der Waals surface area contributed by atoms with Crippen molar-refractivity contribution in [2.45, 2.75) is 51.7 Å². The summed E-state index contributed by atoms with van der Waals surface area (Å²) in [6.07, 6.45) is 3.39. The molecule has 3 aromatic rings. The van der Waals surface area contributed by atoms with Crippen molar-refractivity contribution in [3.05, 3.63) is 41.7 Å². The Labute approximate surface area is 168 Å². The van der Waals surface area contributed by atoms with Gasteiger partial charge in [0.1, 0.15) is 6.10 Å². The van der Waals surface area contributed by atoms with E-state index in [9.17, 15) is 4.79 Å². The van der Waals surface area contributed by atoms with E-state index >= 15 is 0 Å². The van der Waals surface area contributed by atoms with Gasteiger partial charge in [-0.05, 0) is 30.5 Å². The number of anilines is 2. The van der Waals surface area contributed by atoms with E-state index in [-0.39, 0.29) is 17.4 Å². The van der Waals surface area contributed by atoms with E-state index in [1.165, 1.54) is 11.3 Å². The number of ether oxygens (including phenoxy) is 1. The Kier molecular flexibility index (Phi) is 5.07. The van der Waals surface area contributed by atoms with Crippen LogP contribution in [0.1, 0.15) is 44.9 Å². The van der Waals surface area contributed by atoms with Crippen LogP contribution in [0.3, 0.4) is 0 Å². The first kappa shape index (κ1) is 18.9. The van der Waals surface area contributed by atoms with Gasteiger partial charge in [-0.15, -0.1) is 5.10 Å². The van der Waals surface area contributed by atoms with E-state index in [0.29, 0.717) is 13.2 Å². The van der Waals surface area contributed by atoms with E-state index in [0.717, 1.165) is 39.9 Å². The molecule has 4 rings (SSSR count). The van der Waals surface area contributed by atoms with Gasteiger partial charge in [-0.2, -0.15) is 0 Å². The van der Waals surface area contributed by atoms with Crippen LogP contribution >= 0.6 is 11.3 Å². The molecule has 0 spiro atoms. The number of nitrogens with zero attached hydrogens (tertiary/aromatic N) is 3. The maximum Gasteiger partial charge on any atom is 0.253 e. The lowest BCUT2D eigenvalue weighted by Gasteiger charge is -2.13. The van der Waals surface area contributed by atoms with Gasteiger partial charge in [-0.3, -0.25) is 4.79 Å². The van der Waals surface area contributed by atoms with Crippen molar-refractivity contribution in [2.75, 3.05) is 17.2 Å². The first-order valence-corrected chi connectivity index (χ1v) is 10.3. The number of carbonyl (C=O) groups is 1. The molecule has 7 nitrogen and oxygen atoms in total. The average Bonchev–Trinajstić information content (AvgIpc) is 3.35. The molecule has 1 aliphatic heterocycles. The Morgan fingerprint density at radius 3 is 2.96 bits per heavy atom. The zero-order valence-corrected chi connectivity index (χ0v) is 17.2. The molecule has 28 heavy (non-hydrogen) atoms. The van der Waals surface area contributed by atoms with Gasteiger partial charge < -0.3 is 15.4 Å². The monoisotopic (exact) mass is 399 g/mol. The molecular weight excluding hydrogens is 374 g/mol. The Balaban J connectivity index is 1.38. The van der Waals surface area contributed by atoms with Gasteiger partial charge in [-0.25, -0.2) is 9.50 Å². The fraction of sp³-hybridized carbons (Fsp3) is 0.450. The van der Waals surface area contributed by atoms with Crippen molar-refractivity contribution in [1.82, 2.24) is 14.6 Å². The molecule has 148 valence electrons. The highest BCUT2D eigenvalue weighted by Crippen LogP contribution is 2.26. The van der Waals surface area contributed by atoms with Gasteiger partial charge in [0.25, 0.3) is 5.91 Å². The average molecular weight is 400 g/mol. The van der Waals surface area contributed by atoms with Crippen molar-refractivity contribution in [1.29, 1.82) is 0 Å². The summed E-state index contributed by atoms with van der Waals surface area (Å²) >= 11 is 1.53. The van der Waals surface area contributed by atoms with Gasteiger partial charge >= 0.3 is 0 Å². The second-order valence-corrected chi connectivity index (χ2v) is 9.01. The van der Waals surface area contributed by atoms with Gasteiger partial charge in [-0.1, -0.05) is 44.2 Å². The van der Waals surface area contributed by atoms with E-state index < -0.39 is 0 Å². The minimum atomic E-state index is -0.327. The number of nitrogens with one attached hydrogen (secondary N) is 2. The largest absolute Gasteiger partial charge is 0.368 e. The third kappa shape index (κ3) is 4.18. The molecule has 1 fully saturated rings. The molecule has 0 bridgehead atoms. The number of hydrogen-bond acceptors (Lipinski definition) is 6. The standard InChI is InChI=1S/C20H25N5O2S/c1-20(2,3)16-12-25-19(23-16)28-18(24-25)21-11-13-6-4-7-14(10-13)22-17(26)15-8-5-9-27-15/h4,6-7,10,12,15H,5,8-9,11H2,1-3H3,(H,21,24)(H,22,26). The van der Waals surface area contributed by atoms with Gasteiger partial charge in [0.15, 0.2) is 0 Å². The molecule has 1 aliphatic rings. The van der Waals surface area contributed by atoms with E-state index in [2.05, 4.69) is 41.5 Å². The summed E-state index contributed by atoms with van der Waals surface area (Å²) in [5, 5.41) is 11.7. The topological polar surface area (TPSA) is 80.5 Å². The first-order chi connectivity index (χ1) is 13.4. The van der Waals surface area contributed by atoms with Crippen LogP contribution < -0.4 is 10.6 Å². The van der Waals surface area contributed by atoms with Crippen LogP contribution in [0.4, 0.5) is 10.8 Å². The van der Waals surface area contributed by atoms with Crippen LogP contribution in [0.15, 0.2) is 30.5 Å². The number of aromatic nitrogens is 3. The summed E-state index contributed by atoms with van der Waals surface area (Å²) in [7, 11) is 0. The summed E-state index contributed by atoms with van der Waals surface area (Å²) in [5.74, 6) is -0.0709. The third-order valence-corrected chi connectivity index (χ3v) is 5.55. The Hall–Kier alpha value is -2.45. The fourth-order valence-electron chi connectivity index (χ4n) is 3.08. The number of imidazole rings is 1. The lowest BCUT2D eigenvalue weighted by atomic mass is 9.93. The van der Waals surface area contributed by atoms with Crippen LogP contribution in [0.2, 0.25) is 0 Å². The van der Waals surface area contributed by atoms with Crippen molar-refractivity contribution in [3.8, 4) is 0 Å². The highest BCUT2D eigenvalue weighted by atomic mass is 32.1. The summed E-state index contributed by atoms with van der Waals surface area (Å²) in [5.41, 5.74) is 2.89. The van der Waals surface area contributed by atoms with E-state index in [1.807, 2.05) is 35.0 Å². The predicted octanol–water partition coefficient (Wildman–Crippen LogP) is 3.82. The maximum atomic E-state index is 12.2. The van der Waals surface area contributed by atoms with Gasteiger partial charge in [0, 0.05) is 24.3 Å². The fourth-order valence-corrected chi connectivity index (χ4v) is 3.85. The highest BCUT2D eigenvalue weighted by molar-refractivity contribution is 7.20. The van der Waals surface area contributed by atoms with Crippen LogP contribution in [0.25, 0.3) is 4.96 Å². The Morgan fingerprint density at radius 2 is 2.25 bits per heavy atom. The molecule has 0 radical (unpaired) electrons. The number of rotatable bonds is 5. The highest BCUT2D eigenvalue weighted by Gasteiger charge is 2.23. The van der Waals surface area contributed by atoms with Crippen molar-refractivity contribution < 1.29 is 9.53 Å². The summed E-state index contributed by atoms with van der Waals surface area (Å²) < 4.78 is 7.26. The quantitative estimate of drug-likeness (QED) is 0.682. The molecule has 2 N–H and O–H groups in total. The van der Waals surface area contributed by atoms with Crippen LogP contribution in [-0.4, -0.2) is 33.2 Å². The van der Waals surface area contributed by atoms with Crippen molar-refractivity contribution in [3.63, 3.8) is 0 Å². The summed E-state index contributed by atoms with van der Waals surface area (Å²) in [6.45, 7) is 7.71. The summed E-state index contributed by atoms with van der Waals surface area (Å²) in [6, 6.07) is 7.82. The number of hydrogen-bond donors (Lipinski definition) is 2. The molecule has 1 saturated heterocycles. The molecule has 1 aromatic carbocycles. The molecule has 1 amide bonds. The number of amides is 1. The second-order valence-electron chi connectivity index (χ2n) is 8.06. The smallest absolute Gasteiger partial charge is 0.253 e. The Morgan fingerprint density at radius 1 is 1.39 bits per heavy atom. The van der Waals surface area contributed by atoms with Crippen LogP contribution in [0.5, 0.6) is 0 Å². The maximum absolute atomic E-state index is 12.2. The minimum Gasteiger partial charge on any atom is -0.368 e. The Bertz CT molecular complexity index is 951. The normalized spacial score (nSPS) is 17.2. The molecule has 1 atom stereocenters. The zero-order valence-electron chi connectivity index (χ0n) is 16.4. The lowest BCUT2D eigenvalue weighted by Crippen LogP contribution is -2.26. The minimum absolute atomic E-state index is 0.00935. The molecular formula is C20H25N5O2S. The second kappa shape index (κ2) is 7.52. The van der Waals surface area contributed by atoms with E-state index in [1.54, 1.807) is 0 Å². The number of carbonyl (C=O) groups excluding carboxylic acids is 1. The zero-order chi connectivity index (χ0) is 19.7. The molecule has 0 saturated carbocycles. The summed E-state index contributed by atoms with van der Waals surface area (Å²) in [4.78, 5) is 17.7. The third-order valence-electron chi connectivity index (χ3n) is 4.67. The number of fused-ring (bicyclic) bond motifs is 1. The molecule has 2 aromatic heterocycles. The number of benzene rings is 1.